The van der Waals surface area contributed by atoms with Crippen LogP contribution in [0.25, 0.3) is 0 Å². The predicted octanol–water partition coefficient (Wildman–Crippen LogP) is 5.40. The molecule has 2 aliphatic heterocycles. The zero-order chi connectivity index (χ0) is 26.3. The van der Waals surface area contributed by atoms with E-state index in [-0.39, 0.29) is 23.7 Å². The molecule has 0 saturated carbocycles. The molecule has 0 unspecified atom stereocenters. The van der Waals surface area contributed by atoms with E-state index < -0.39 is 0 Å². The van der Waals surface area contributed by atoms with E-state index in [1.165, 1.54) is 6.07 Å². The summed E-state index contributed by atoms with van der Waals surface area (Å²) in [7, 11) is 0. The van der Waals surface area contributed by atoms with E-state index in [4.69, 9.17) is 9.47 Å². The third kappa shape index (κ3) is 6.40. The van der Waals surface area contributed by atoms with E-state index in [0.717, 1.165) is 43.7 Å². The molecule has 2 amide bonds. The van der Waals surface area contributed by atoms with E-state index in [9.17, 15) is 14.0 Å². The highest BCUT2D eigenvalue weighted by molar-refractivity contribution is 5.97. The van der Waals surface area contributed by atoms with Crippen LogP contribution in [0.2, 0.25) is 0 Å². The van der Waals surface area contributed by atoms with Crippen molar-refractivity contribution >= 4 is 17.5 Å². The number of ether oxygens (including phenoxy) is 2. The first-order valence-corrected chi connectivity index (χ1v) is 13.3. The van der Waals surface area contributed by atoms with Gasteiger partial charge in [-0.3, -0.25) is 9.59 Å². The van der Waals surface area contributed by atoms with Crippen LogP contribution in [0.5, 0.6) is 5.75 Å². The van der Waals surface area contributed by atoms with Crippen LogP contribution in [0.4, 0.5) is 10.1 Å². The van der Waals surface area contributed by atoms with Crippen LogP contribution in [0.3, 0.4) is 0 Å². The average Bonchev–Trinajstić information content (AvgIpc) is 3.61. The standard InChI is InChI=1S/C31H33FN2O4/c32-29-10-2-1-7-24(29)16-19-38-27-8-3-6-23(20-27)21-33(22-28-9-5-18-37-28)31(36)25-12-14-26(15-13-25)34-17-4-11-30(34)35/h1-3,6-8,10,12-15,20,28H,4-5,9,11,16-19,21-22H2/t28-/m0/s1. The SMILES string of the molecule is O=C(c1ccc(N2CCCC2=O)cc1)N(Cc1cccc(OCCc2ccccc2F)c1)C[C@@H]1CCCO1. The highest BCUT2D eigenvalue weighted by atomic mass is 19.1. The van der Waals surface area contributed by atoms with Crippen LogP contribution >= 0.6 is 0 Å². The van der Waals surface area contributed by atoms with Crippen molar-refractivity contribution < 1.29 is 23.5 Å². The number of rotatable bonds is 10. The first-order valence-electron chi connectivity index (χ1n) is 13.3. The van der Waals surface area contributed by atoms with Crippen molar-refractivity contribution in [2.45, 2.75) is 44.8 Å². The second kappa shape index (κ2) is 12.2. The number of anilines is 1. The lowest BCUT2D eigenvalue weighted by atomic mass is 10.1. The maximum Gasteiger partial charge on any atom is 0.254 e. The molecule has 38 heavy (non-hydrogen) atoms. The van der Waals surface area contributed by atoms with E-state index in [1.54, 1.807) is 29.2 Å². The molecule has 0 aliphatic carbocycles. The first-order chi connectivity index (χ1) is 18.6. The Morgan fingerprint density at radius 1 is 1.05 bits per heavy atom. The Morgan fingerprint density at radius 2 is 1.89 bits per heavy atom. The smallest absolute Gasteiger partial charge is 0.254 e. The van der Waals surface area contributed by atoms with E-state index >= 15 is 0 Å². The molecule has 2 aliphatic rings. The molecule has 3 aromatic rings. The molecule has 0 radical (unpaired) electrons. The van der Waals surface area contributed by atoms with Crippen LogP contribution in [0, 0.1) is 5.82 Å². The number of hydrogen-bond donors (Lipinski definition) is 0. The molecule has 2 heterocycles. The molecule has 0 spiro atoms. The second-order valence-electron chi connectivity index (χ2n) is 9.85. The van der Waals surface area contributed by atoms with Gasteiger partial charge in [0.25, 0.3) is 5.91 Å². The molecular formula is C31H33FN2O4. The summed E-state index contributed by atoms with van der Waals surface area (Å²) < 4.78 is 25.7. The van der Waals surface area contributed by atoms with Gasteiger partial charge in [0.1, 0.15) is 11.6 Å². The van der Waals surface area contributed by atoms with Crippen LogP contribution < -0.4 is 9.64 Å². The molecule has 2 saturated heterocycles. The fraction of sp³-hybridized carbons (Fsp3) is 0.355. The van der Waals surface area contributed by atoms with Crippen molar-refractivity contribution in [1.29, 1.82) is 0 Å². The molecule has 1 atom stereocenters. The van der Waals surface area contributed by atoms with Gasteiger partial charge in [-0.15, -0.1) is 0 Å². The van der Waals surface area contributed by atoms with Crippen LogP contribution in [-0.4, -0.2) is 49.1 Å². The monoisotopic (exact) mass is 516 g/mol. The molecule has 0 N–H and O–H groups in total. The summed E-state index contributed by atoms with van der Waals surface area (Å²) in [6, 6.07) is 21.7. The normalized spacial score (nSPS) is 17.1. The van der Waals surface area contributed by atoms with Crippen LogP contribution in [-0.2, 0) is 22.5 Å². The van der Waals surface area contributed by atoms with Gasteiger partial charge >= 0.3 is 0 Å². The molecule has 7 heteroatoms. The fourth-order valence-electron chi connectivity index (χ4n) is 5.08. The van der Waals surface area contributed by atoms with Crippen molar-refractivity contribution in [3.05, 3.63) is 95.3 Å². The largest absolute Gasteiger partial charge is 0.493 e. The Bertz CT molecular complexity index is 1260. The van der Waals surface area contributed by atoms with Gasteiger partial charge in [-0.25, -0.2) is 4.39 Å². The van der Waals surface area contributed by atoms with Gasteiger partial charge in [-0.05, 0) is 72.9 Å². The highest BCUT2D eigenvalue weighted by Gasteiger charge is 2.25. The van der Waals surface area contributed by atoms with Crippen LogP contribution in [0.15, 0.2) is 72.8 Å². The molecule has 0 bridgehead atoms. The Hall–Kier alpha value is -3.71. The van der Waals surface area contributed by atoms with E-state index in [2.05, 4.69) is 0 Å². The molecular weight excluding hydrogens is 483 g/mol. The number of halogens is 1. The quantitative estimate of drug-likeness (QED) is 0.362. The Kier molecular flexibility index (Phi) is 8.34. The molecule has 198 valence electrons. The average molecular weight is 517 g/mol. The minimum absolute atomic E-state index is 0.0145. The summed E-state index contributed by atoms with van der Waals surface area (Å²) in [5.41, 5.74) is 2.97. The van der Waals surface area contributed by atoms with E-state index in [0.29, 0.717) is 49.4 Å². The number of benzene rings is 3. The van der Waals surface area contributed by atoms with Gasteiger partial charge in [0.2, 0.25) is 5.91 Å². The Balaban J connectivity index is 1.26. The minimum Gasteiger partial charge on any atom is -0.493 e. The van der Waals surface area contributed by atoms with Crippen molar-refractivity contribution in [2.75, 3.05) is 31.2 Å². The van der Waals surface area contributed by atoms with E-state index in [1.807, 2.05) is 47.4 Å². The first kappa shape index (κ1) is 25.9. The van der Waals surface area contributed by atoms with Crippen molar-refractivity contribution in [1.82, 2.24) is 4.90 Å². The van der Waals surface area contributed by atoms with Gasteiger partial charge in [0.05, 0.1) is 12.7 Å². The summed E-state index contributed by atoms with van der Waals surface area (Å²) >= 11 is 0. The lowest BCUT2D eigenvalue weighted by molar-refractivity contribution is -0.117. The predicted molar refractivity (Wildman–Crippen MR) is 144 cm³/mol. The van der Waals surface area contributed by atoms with Gasteiger partial charge in [0, 0.05) is 50.3 Å². The molecule has 5 rings (SSSR count). The fourth-order valence-corrected chi connectivity index (χ4v) is 5.08. The lowest BCUT2D eigenvalue weighted by Crippen LogP contribution is -2.37. The number of hydrogen-bond acceptors (Lipinski definition) is 4. The second-order valence-corrected chi connectivity index (χ2v) is 9.85. The third-order valence-electron chi connectivity index (χ3n) is 7.10. The number of amides is 2. The Morgan fingerprint density at radius 3 is 2.63 bits per heavy atom. The van der Waals surface area contributed by atoms with Gasteiger partial charge in [0.15, 0.2) is 0 Å². The zero-order valence-electron chi connectivity index (χ0n) is 21.5. The molecule has 0 aromatic heterocycles. The summed E-state index contributed by atoms with van der Waals surface area (Å²) in [5, 5.41) is 0. The maximum absolute atomic E-state index is 13.9. The summed E-state index contributed by atoms with van der Waals surface area (Å²) in [5.74, 6) is 0.502. The third-order valence-corrected chi connectivity index (χ3v) is 7.10. The summed E-state index contributed by atoms with van der Waals surface area (Å²) in [6.07, 6.45) is 3.85. The van der Waals surface area contributed by atoms with Gasteiger partial charge < -0.3 is 19.3 Å². The lowest BCUT2D eigenvalue weighted by Gasteiger charge is -2.26. The number of carbonyl (C=O) groups is 2. The summed E-state index contributed by atoms with van der Waals surface area (Å²) in [4.78, 5) is 29.3. The summed E-state index contributed by atoms with van der Waals surface area (Å²) in [6.45, 7) is 2.71. The van der Waals surface area contributed by atoms with Crippen molar-refractivity contribution in [2.24, 2.45) is 0 Å². The highest BCUT2D eigenvalue weighted by Crippen LogP contribution is 2.24. The Labute approximate surface area is 223 Å². The topological polar surface area (TPSA) is 59.1 Å². The van der Waals surface area contributed by atoms with Crippen LogP contribution in [0.1, 0.15) is 47.2 Å². The molecule has 2 fully saturated rings. The maximum atomic E-state index is 13.9. The van der Waals surface area contributed by atoms with Crippen molar-refractivity contribution in [3.63, 3.8) is 0 Å². The number of carbonyl (C=O) groups excluding carboxylic acids is 2. The zero-order valence-corrected chi connectivity index (χ0v) is 21.5. The van der Waals surface area contributed by atoms with Crippen molar-refractivity contribution in [3.8, 4) is 5.75 Å². The van der Waals surface area contributed by atoms with Gasteiger partial charge in [-0.2, -0.15) is 0 Å². The molecule has 6 nitrogen and oxygen atoms in total. The minimum atomic E-state index is -0.229. The van der Waals surface area contributed by atoms with Gasteiger partial charge in [-0.1, -0.05) is 30.3 Å². The molecule has 3 aromatic carbocycles. The number of nitrogens with zero attached hydrogens (tertiary/aromatic N) is 2.